The van der Waals surface area contributed by atoms with Crippen LogP contribution in [-0.4, -0.2) is 21.9 Å². The lowest BCUT2D eigenvalue weighted by molar-refractivity contribution is 0.220. The van der Waals surface area contributed by atoms with Crippen LogP contribution in [0, 0.1) is 0 Å². The molecule has 15 heavy (non-hydrogen) atoms. The van der Waals surface area contributed by atoms with Crippen LogP contribution >= 0.6 is 11.8 Å². The largest absolute Gasteiger partial charge is 0.431 e. The fraction of sp³-hybridized carbons (Fsp3) is 0.300. The van der Waals surface area contributed by atoms with Crippen molar-refractivity contribution in [1.82, 2.24) is 4.98 Å². The van der Waals surface area contributed by atoms with Crippen LogP contribution in [0.3, 0.4) is 0 Å². The van der Waals surface area contributed by atoms with E-state index in [0.717, 1.165) is 11.1 Å². The topological polar surface area (TPSA) is 72.3 Å². The number of thioether (sulfide) groups is 1. The monoisotopic (exact) mass is 224 g/mol. The first kappa shape index (κ1) is 10.3. The van der Waals surface area contributed by atoms with Gasteiger partial charge < -0.3 is 15.3 Å². The van der Waals surface area contributed by atoms with E-state index in [2.05, 4.69) is 4.98 Å². The quantitative estimate of drug-likeness (QED) is 0.615. The lowest BCUT2D eigenvalue weighted by atomic mass is 10.3. The van der Waals surface area contributed by atoms with Gasteiger partial charge in [-0.05, 0) is 25.1 Å². The summed E-state index contributed by atoms with van der Waals surface area (Å²) in [6, 6.07) is 5.34. The van der Waals surface area contributed by atoms with Crippen molar-refractivity contribution in [3.8, 4) is 0 Å². The molecule has 2 rings (SSSR count). The molecule has 3 N–H and O–H groups in total. The number of nitrogens with zero attached hydrogens (tertiary/aromatic N) is 1. The van der Waals surface area contributed by atoms with Gasteiger partial charge in [0.1, 0.15) is 5.52 Å². The highest BCUT2D eigenvalue weighted by atomic mass is 32.2. The highest BCUT2D eigenvalue weighted by Gasteiger charge is 2.07. The number of oxazole rings is 1. The molecular weight excluding hydrogens is 212 g/mol. The number of nitrogen functional groups attached to an aromatic ring is 1. The third-order valence-electron chi connectivity index (χ3n) is 1.84. The maximum atomic E-state index is 9.12. The van der Waals surface area contributed by atoms with Crippen molar-refractivity contribution in [1.29, 1.82) is 0 Å². The van der Waals surface area contributed by atoms with Gasteiger partial charge in [0.15, 0.2) is 5.58 Å². The van der Waals surface area contributed by atoms with Crippen LogP contribution in [0.25, 0.3) is 11.1 Å². The van der Waals surface area contributed by atoms with E-state index in [-0.39, 0.29) is 6.10 Å². The van der Waals surface area contributed by atoms with Crippen LogP contribution in [0.2, 0.25) is 0 Å². The van der Waals surface area contributed by atoms with Gasteiger partial charge >= 0.3 is 0 Å². The summed E-state index contributed by atoms with van der Waals surface area (Å²) in [5.74, 6) is 0.572. The Morgan fingerprint density at radius 3 is 3.13 bits per heavy atom. The summed E-state index contributed by atoms with van der Waals surface area (Å²) in [6.45, 7) is 1.73. The van der Waals surface area contributed by atoms with Gasteiger partial charge in [-0.15, -0.1) is 0 Å². The first-order valence-electron chi connectivity index (χ1n) is 4.62. The molecule has 0 aliphatic rings. The number of hydrogen-bond donors (Lipinski definition) is 2. The Labute approximate surface area is 91.5 Å². The number of benzene rings is 1. The molecule has 80 valence electrons. The van der Waals surface area contributed by atoms with Crippen LogP contribution < -0.4 is 5.73 Å². The van der Waals surface area contributed by atoms with Crippen molar-refractivity contribution in [2.45, 2.75) is 18.3 Å². The lowest BCUT2D eigenvalue weighted by Gasteiger charge is -1.98. The molecule has 1 aromatic carbocycles. The zero-order chi connectivity index (χ0) is 10.8. The van der Waals surface area contributed by atoms with Gasteiger partial charge in [0.25, 0.3) is 5.22 Å². The Morgan fingerprint density at radius 1 is 1.60 bits per heavy atom. The predicted molar refractivity (Wildman–Crippen MR) is 60.8 cm³/mol. The van der Waals surface area contributed by atoms with Gasteiger partial charge in [0.05, 0.1) is 6.10 Å². The summed E-state index contributed by atoms with van der Waals surface area (Å²) in [4.78, 5) is 4.25. The molecule has 0 bridgehead atoms. The van der Waals surface area contributed by atoms with Gasteiger partial charge in [0.2, 0.25) is 0 Å². The molecule has 2 aromatic rings. The first-order valence-corrected chi connectivity index (χ1v) is 5.60. The van der Waals surface area contributed by atoms with Crippen LogP contribution in [-0.2, 0) is 0 Å². The molecule has 0 amide bonds. The zero-order valence-electron chi connectivity index (χ0n) is 8.30. The van der Waals surface area contributed by atoms with Crippen molar-refractivity contribution in [2.24, 2.45) is 0 Å². The fourth-order valence-electron chi connectivity index (χ4n) is 1.18. The minimum atomic E-state index is -0.366. The third-order valence-corrected chi connectivity index (χ3v) is 2.91. The van der Waals surface area contributed by atoms with Crippen molar-refractivity contribution in [3.63, 3.8) is 0 Å². The number of aromatic nitrogens is 1. The molecule has 0 aliphatic heterocycles. The first-order chi connectivity index (χ1) is 7.15. The van der Waals surface area contributed by atoms with Crippen molar-refractivity contribution in [2.75, 3.05) is 11.5 Å². The molecule has 0 aliphatic carbocycles. The second-order valence-corrected chi connectivity index (χ2v) is 4.34. The van der Waals surface area contributed by atoms with Crippen molar-refractivity contribution in [3.05, 3.63) is 18.2 Å². The number of aliphatic hydroxyl groups excluding tert-OH is 1. The Hall–Kier alpha value is -1.20. The summed E-state index contributed by atoms with van der Waals surface area (Å²) in [6.07, 6.45) is -0.366. The fourth-order valence-corrected chi connectivity index (χ4v) is 1.87. The van der Waals surface area contributed by atoms with E-state index < -0.39 is 0 Å². The van der Waals surface area contributed by atoms with Gasteiger partial charge in [-0.1, -0.05) is 11.8 Å². The molecule has 0 saturated heterocycles. The van der Waals surface area contributed by atoms with E-state index in [1.54, 1.807) is 25.1 Å². The smallest absolute Gasteiger partial charge is 0.256 e. The maximum Gasteiger partial charge on any atom is 0.256 e. The van der Waals surface area contributed by atoms with E-state index in [9.17, 15) is 0 Å². The molecule has 1 aromatic heterocycles. The Balaban J connectivity index is 2.23. The molecule has 0 fully saturated rings. The normalized spacial score (nSPS) is 13.2. The Kier molecular flexibility index (Phi) is 2.83. The summed E-state index contributed by atoms with van der Waals surface area (Å²) < 4.78 is 5.46. The van der Waals surface area contributed by atoms with Crippen LogP contribution in [0.15, 0.2) is 27.8 Å². The number of fused-ring (bicyclic) bond motifs is 1. The van der Waals surface area contributed by atoms with Crippen molar-refractivity contribution < 1.29 is 9.52 Å². The summed E-state index contributed by atoms with van der Waals surface area (Å²) in [5, 5.41) is 9.69. The SMILES string of the molecule is CC(O)CSc1nc2cc(N)ccc2o1. The van der Waals surface area contributed by atoms with Gasteiger partial charge in [-0.2, -0.15) is 0 Å². The van der Waals surface area contributed by atoms with Crippen LogP contribution in [0.5, 0.6) is 0 Å². The number of hydrogen-bond acceptors (Lipinski definition) is 5. The molecule has 5 heteroatoms. The lowest BCUT2D eigenvalue weighted by Crippen LogP contribution is -2.02. The molecular formula is C10H12N2O2S. The average molecular weight is 224 g/mol. The number of aliphatic hydroxyl groups is 1. The summed E-state index contributed by atoms with van der Waals surface area (Å²) in [5.41, 5.74) is 7.77. The van der Waals surface area contributed by atoms with E-state index in [4.69, 9.17) is 15.3 Å². The highest BCUT2D eigenvalue weighted by molar-refractivity contribution is 7.99. The van der Waals surface area contributed by atoms with Crippen LogP contribution in [0.4, 0.5) is 5.69 Å². The maximum absolute atomic E-state index is 9.12. The standard InChI is InChI=1S/C10H12N2O2S/c1-6(13)5-15-10-12-8-4-7(11)2-3-9(8)14-10/h2-4,6,13H,5,11H2,1H3. The van der Waals surface area contributed by atoms with E-state index in [1.165, 1.54) is 11.8 Å². The second kappa shape index (κ2) is 4.12. The van der Waals surface area contributed by atoms with E-state index in [0.29, 0.717) is 16.7 Å². The molecule has 4 nitrogen and oxygen atoms in total. The van der Waals surface area contributed by atoms with Gasteiger partial charge in [0, 0.05) is 11.4 Å². The zero-order valence-corrected chi connectivity index (χ0v) is 9.12. The minimum Gasteiger partial charge on any atom is -0.431 e. The number of rotatable bonds is 3. The third kappa shape index (κ3) is 2.43. The molecule has 0 radical (unpaired) electrons. The number of anilines is 1. The highest BCUT2D eigenvalue weighted by Crippen LogP contribution is 2.24. The Bertz CT molecular complexity index is 467. The molecule has 0 saturated carbocycles. The second-order valence-electron chi connectivity index (χ2n) is 3.37. The van der Waals surface area contributed by atoms with Gasteiger partial charge in [-0.25, -0.2) is 4.98 Å². The average Bonchev–Trinajstić information content (AvgIpc) is 2.56. The summed E-state index contributed by atoms with van der Waals surface area (Å²) >= 11 is 1.39. The van der Waals surface area contributed by atoms with Gasteiger partial charge in [-0.3, -0.25) is 0 Å². The van der Waals surface area contributed by atoms with E-state index >= 15 is 0 Å². The molecule has 1 heterocycles. The molecule has 0 spiro atoms. The van der Waals surface area contributed by atoms with Crippen LogP contribution in [0.1, 0.15) is 6.92 Å². The van der Waals surface area contributed by atoms with E-state index in [1.807, 2.05) is 0 Å². The molecule has 1 atom stereocenters. The van der Waals surface area contributed by atoms with Crippen molar-refractivity contribution >= 4 is 28.5 Å². The summed E-state index contributed by atoms with van der Waals surface area (Å²) in [7, 11) is 0. The minimum absolute atomic E-state index is 0.366. The number of nitrogens with two attached hydrogens (primary N) is 1. The Morgan fingerprint density at radius 2 is 2.40 bits per heavy atom. The molecule has 1 unspecified atom stereocenters. The predicted octanol–water partition coefficient (Wildman–Crippen LogP) is 1.88.